The number of anilines is 1. The Balaban J connectivity index is 0.000000505. The molecule has 2 N–H and O–H groups in total. The fourth-order valence-electron chi connectivity index (χ4n) is 4.58. The molecule has 0 aliphatic carbocycles. The summed E-state index contributed by atoms with van der Waals surface area (Å²) in [7, 11) is 0. The molecule has 12 heteroatoms. The molecular weight excluding hydrogens is 508 g/mol. The normalized spacial score (nSPS) is 18.9. The number of hydrogen-bond donors (Lipinski definition) is 2. The van der Waals surface area contributed by atoms with E-state index in [1.54, 1.807) is 12.1 Å². The van der Waals surface area contributed by atoms with Crippen molar-refractivity contribution in [2.24, 2.45) is 5.41 Å². The van der Waals surface area contributed by atoms with Crippen LogP contribution in [0.5, 0.6) is 0 Å². The van der Waals surface area contributed by atoms with Gasteiger partial charge in [-0.3, -0.25) is 4.79 Å². The Morgan fingerprint density at radius 1 is 1.11 bits per heavy atom. The van der Waals surface area contributed by atoms with Crippen LogP contribution in [0.4, 0.5) is 23.5 Å². The van der Waals surface area contributed by atoms with E-state index < -0.39 is 12.1 Å². The summed E-state index contributed by atoms with van der Waals surface area (Å²) >= 11 is 0. The van der Waals surface area contributed by atoms with Gasteiger partial charge in [-0.25, -0.2) is 19.2 Å². The molecule has 3 heterocycles. The van der Waals surface area contributed by atoms with Crippen molar-refractivity contribution in [3.05, 3.63) is 53.1 Å². The molecule has 1 aromatic carbocycles. The Labute approximate surface area is 218 Å². The van der Waals surface area contributed by atoms with Gasteiger partial charge in [0.25, 0.3) is 0 Å². The van der Waals surface area contributed by atoms with Gasteiger partial charge in [-0.1, -0.05) is 12.1 Å². The van der Waals surface area contributed by atoms with Crippen LogP contribution in [-0.2, 0) is 20.7 Å². The van der Waals surface area contributed by atoms with Crippen molar-refractivity contribution in [3.63, 3.8) is 0 Å². The van der Waals surface area contributed by atoms with Gasteiger partial charge < -0.3 is 20.1 Å². The molecule has 2 aromatic rings. The number of carbonyl (C=O) groups is 2. The van der Waals surface area contributed by atoms with Gasteiger partial charge in [0.2, 0.25) is 11.9 Å². The highest BCUT2D eigenvalue weighted by Crippen LogP contribution is 2.41. The molecule has 8 nitrogen and oxygen atoms in total. The van der Waals surface area contributed by atoms with Gasteiger partial charge >= 0.3 is 12.1 Å². The number of aryl methyl sites for hydroxylation is 2. The SMILES string of the molecule is Cc1cc(C)nc(N2CCC3(CCC(CNC(=O)Cc4ccc(F)cc4)OC3)CC2)n1.O=C(O)C(F)(F)F. The van der Waals surface area contributed by atoms with Crippen molar-refractivity contribution in [2.45, 2.75) is 58.2 Å². The number of rotatable bonds is 5. The van der Waals surface area contributed by atoms with Crippen molar-refractivity contribution in [1.29, 1.82) is 0 Å². The Bertz CT molecular complexity index is 1070. The minimum atomic E-state index is -5.08. The van der Waals surface area contributed by atoms with E-state index >= 15 is 0 Å². The van der Waals surface area contributed by atoms with Crippen molar-refractivity contribution in [3.8, 4) is 0 Å². The number of benzene rings is 1. The van der Waals surface area contributed by atoms with Gasteiger partial charge in [-0.15, -0.1) is 0 Å². The minimum Gasteiger partial charge on any atom is -0.475 e. The predicted octanol–water partition coefficient (Wildman–Crippen LogP) is 3.99. The number of piperidine rings is 1. The second-order valence-corrected chi connectivity index (χ2v) is 9.82. The van der Waals surface area contributed by atoms with Crippen LogP contribution in [0.1, 0.15) is 42.6 Å². The third-order valence-corrected chi connectivity index (χ3v) is 6.75. The van der Waals surface area contributed by atoms with E-state index in [2.05, 4.69) is 20.2 Å². The number of aromatic nitrogens is 2. The van der Waals surface area contributed by atoms with Gasteiger partial charge in [0.15, 0.2) is 0 Å². The Morgan fingerprint density at radius 3 is 2.18 bits per heavy atom. The highest BCUT2D eigenvalue weighted by Gasteiger charge is 2.39. The first-order valence-corrected chi connectivity index (χ1v) is 12.4. The lowest BCUT2D eigenvalue weighted by Crippen LogP contribution is -2.48. The number of carboxylic acids is 1. The van der Waals surface area contributed by atoms with Gasteiger partial charge in [-0.2, -0.15) is 13.2 Å². The van der Waals surface area contributed by atoms with Gasteiger partial charge in [-0.05, 0) is 68.7 Å². The average Bonchev–Trinajstić information content (AvgIpc) is 2.85. The fourth-order valence-corrected chi connectivity index (χ4v) is 4.58. The maximum Gasteiger partial charge on any atom is 0.490 e. The van der Waals surface area contributed by atoms with Crippen molar-refractivity contribution in [1.82, 2.24) is 15.3 Å². The molecule has 2 aliphatic heterocycles. The van der Waals surface area contributed by atoms with Crippen LogP contribution in [0, 0.1) is 25.1 Å². The summed E-state index contributed by atoms with van der Waals surface area (Å²) in [5.41, 5.74) is 3.05. The number of alkyl halides is 3. The zero-order valence-electron chi connectivity index (χ0n) is 21.4. The number of amides is 1. The topological polar surface area (TPSA) is 105 Å². The standard InChI is InChI=1S/C24H31FN4O2.C2HF3O2/c1-17-13-18(2)28-23(27-17)29-11-9-24(10-12-29)8-7-21(31-16-24)15-26-22(30)14-19-3-5-20(25)6-4-19;3-2(4,5)1(6)7/h3-6,13,21H,7-12,14-16H2,1-2H3,(H,26,30);(H,6,7). The summed E-state index contributed by atoms with van der Waals surface area (Å²) in [6, 6.07) is 8.05. The first kappa shape index (κ1) is 29.3. The molecule has 0 radical (unpaired) electrons. The average molecular weight is 541 g/mol. The molecule has 1 spiro atoms. The lowest BCUT2D eigenvalue weighted by atomic mass is 9.73. The molecule has 1 atom stereocenters. The molecule has 1 aromatic heterocycles. The molecule has 2 fully saturated rings. The monoisotopic (exact) mass is 540 g/mol. The largest absolute Gasteiger partial charge is 0.490 e. The molecule has 4 rings (SSSR count). The fraction of sp³-hybridized carbons (Fsp3) is 0.538. The molecule has 1 amide bonds. The van der Waals surface area contributed by atoms with E-state index in [1.807, 2.05) is 19.9 Å². The minimum absolute atomic E-state index is 0.0581. The molecule has 0 bridgehead atoms. The van der Waals surface area contributed by atoms with Crippen LogP contribution in [-0.4, -0.2) is 65.5 Å². The van der Waals surface area contributed by atoms with Crippen LogP contribution in [0.3, 0.4) is 0 Å². The molecule has 2 saturated heterocycles. The summed E-state index contributed by atoms with van der Waals surface area (Å²) in [6.45, 7) is 7.19. The second-order valence-electron chi connectivity index (χ2n) is 9.82. The van der Waals surface area contributed by atoms with Crippen LogP contribution in [0.2, 0.25) is 0 Å². The van der Waals surface area contributed by atoms with E-state index in [0.717, 1.165) is 68.3 Å². The van der Waals surface area contributed by atoms with Crippen LogP contribution >= 0.6 is 0 Å². The summed E-state index contributed by atoms with van der Waals surface area (Å²) < 4.78 is 50.9. The molecule has 1 unspecified atom stereocenters. The number of hydrogen-bond acceptors (Lipinski definition) is 6. The van der Waals surface area contributed by atoms with E-state index in [0.29, 0.717) is 6.54 Å². The Kier molecular flexibility index (Phi) is 9.64. The zero-order chi connectivity index (χ0) is 27.9. The highest BCUT2D eigenvalue weighted by atomic mass is 19.4. The van der Waals surface area contributed by atoms with Crippen molar-refractivity contribution < 1.29 is 37.0 Å². The number of nitrogens with zero attached hydrogens (tertiary/aromatic N) is 3. The van der Waals surface area contributed by atoms with Crippen molar-refractivity contribution >= 4 is 17.8 Å². The van der Waals surface area contributed by atoms with E-state index in [1.165, 1.54) is 12.1 Å². The number of aliphatic carboxylic acids is 1. The highest BCUT2D eigenvalue weighted by molar-refractivity contribution is 5.78. The zero-order valence-corrected chi connectivity index (χ0v) is 21.4. The number of halogens is 4. The van der Waals surface area contributed by atoms with Crippen LogP contribution in [0.25, 0.3) is 0 Å². The maximum absolute atomic E-state index is 13.0. The van der Waals surface area contributed by atoms with Crippen LogP contribution < -0.4 is 10.2 Å². The smallest absolute Gasteiger partial charge is 0.475 e. The summed E-state index contributed by atoms with van der Waals surface area (Å²) in [5, 5.41) is 10.1. The quantitative estimate of drug-likeness (QED) is 0.553. The first-order valence-electron chi connectivity index (χ1n) is 12.4. The van der Waals surface area contributed by atoms with Gasteiger partial charge in [0.05, 0.1) is 19.1 Å². The molecule has 38 heavy (non-hydrogen) atoms. The first-order chi connectivity index (χ1) is 17.8. The third-order valence-electron chi connectivity index (χ3n) is 6.75. The lowest BCUT2D eigenvalue weighted by molar-refractivity contribution is -0.192. The number of carbonyl (C=O) groups excluding carboxylic acids is 1. The lowest BCUT2D eigenvalue weighted by Gasteiger charge is -2.45. The Hall–Kier alpha value is -3.28. The van der Waals surface area contributed by atoms with E-state index in [9.17, 15) is 22.4 Å². The predicted molar refractivity (Wildman–Crippen MR) is 131 cm³/mol. The number of carboxylic acid groups (broad SMARTS) is 1. The second kappa shape index (κ2) is 12.5. The van der Waals surface area contributed by atoms with Gasteiger partial charge in [0.1, 0.15) is 5.82 Å². The summed E-state index contributed by atoms with van der Waals surface area (Å²) in [4.78, 5) is 32.6. The molecule has 208 valence electrons. The summed E-state index contributed by atoms with van der Waals surface area (Å²) in [6.07, 6.45) is -0.541. The van der Waals surface area contributed by atoms with Gasteiger partial charge in [0, 0.05) is 31.0 Å². The van der Waals surface area contributed by atoms with Crippen LogP contribution in [0.15, 0.2) is 30.3 Å². The molecule has 2 aliphatic rings. The Morgan fingerprint density at radius 2 is 1.68 bits per heavy atom. The maximum atomic E-state index is 13.0. The van der Waals surface area contributed by atoms with E-state index in [4.69, 9.17) is 14.6 Å². The van der Waals surface area contributed by atoms with Crippen molar-refractivity contribution in [2.75, 3.05) is 31.1 Å². The molecule has 0 saturated carbocycles. The van der Waals surface area contributed by atoms with E-state index in [-0.39, 0.29) is 29.7 Å². The third kappa shape index (κ3) is 8.64. The molecular formula is C26H32F4N4O4. The number of nitrogens with one attached hydrogen (secondary N) is 1. The number of ether oxygens (including phenoxy) is 1. The summed E-state index contributed by atoms with van der Waals surface area (Å²) in [5.74, 6) is -2.27.